The van der Waals surface area contributed by atoms with Crippen molar-refractivity contribution in [3.8, 4) is 11.8 Å². The van der Waals surface area contributed by atoms with E-state index in [9.17, 15) is 0 Å². The fourth-order valence-corrected chi connectivity index (χ4v) is 2.42. The van der Waals surface area contributed by atoms with Gasteiger partial charge in [0, 0.05) is 23.2 Å². The lowest BCUT2D eigenvalue weighted by molar-refractivity contribution is 0.444. The fraction of sp³-hybridized carbons (Fsp3) is 0.333. The highest BCUT2D eigenvalue weighted by Crippen LogP contribution is 2.22. The number of hydrogen-bond donors (Lipinski definition) is 1. The molecule has 1 aliphatic rings. The monoisotopic (exact) mass is 269 g/mol. The lowest BCUT2D eigenvalue weighted by Gasteiger charge is -2.26. The maximum absolute atomic E-state index is 4.39. The largest absolute Gasteiger partial charge is 0.367 e. The lowest BCUT2D eigenvalue weighted by Crippen LogP contribution is -2.27. The summed E-state index contributed by atoms with van der Waals surface area (Å²) in [6.07, 6.45) is 5.65. The van der Waals surface area contributed by atoms with Gasteiger partial charge in [0.1, 0.15) is 11.5 Å². The number of nitrogens with one attached hydrogen (secondary N) is 1. The minimum Gasteiger partial charge on any atom is -0.367 e. The molecule has 3 nitrogen and oxygen atoms in total. The van der Waals surface area contributed by atoms with Crippen molar-refractivity contribution in [2.45, 2.75) is 32.2 Å². The van der Waals surface area contributed by atoms with Gasteiger partial charge in [0.15, 0.2) is 0 Å². The number of nitrogens with zero attached hydrogens (tertiary/aromatic N) is 2. The topological polar surface area (TPSA) is 37.8 Å². The van der Waals surface area contributed by atoms with Gasteiger partial charge in [-0.1, -0.05) is 5.92 Å². The second-order valence-corrected chi connectivity index (χ2v) is 5.77. The van der Waals surface area contributed by atoms with Crippen LogP contribution in [0.3, 0.4) is 0 Å². The van der Waals surface area contributed by atoms with Gasteiger partial charge in [-0.25, -0.2) is 9.97 Å². The summed E-state index contributed by atoms with van der Waals surface area (Å²) < 4.78 is 0. The van der Waals surface area contributed by atoms with Crippen LogP contribution in [0.15, 0.2) is 23.7 Å². The van der Waals surface area contributed by atoms with Crippen molar-refractivity contribution in [2.24, 2.45) is 0 Å². The predicted octanol–water partition coefficient (Wildman–Crippen LogP) is 3.21. The van der Waals surface area contributed by atoms with E-state index in [1.54, 1.807) is 11.3 Å². The molecule has 96 valence electrons. The van der Waals surface area contributed by atoms with Crippen LogP contribution in [0.4, 0.5) is 5.82 Å². The summed E-state index contributed by atoms with van der Waals surface area (Å²) in [5.41, 5.74) is 1.75. The van der Waals surface area contributed by atoms with Crippen LogP contribution in [-0.2, 0) is 0 Å². The van der Waals surface area contributed by atoms with Crippen LogP contribution >= 0.6 is 11.3 Å². The second-order valence-electron chi connectivity index (χ2n) is 4.71. The standard InChI is InChI=1S/C15H15N3S/c1-11-17-14(10-19-11)7-5-12-6-8-15(16-9-12)18-13-3-2-4-13/h6,8-10,13H,2-4H2,1H3,(H,16,18). The molecule has 1 N–H and O–H groups in total. The highest BCUT2D eigenvalue weighted by molar-refractivity contribution is 7.09. The normalized spacial score (nSPS) is 14.4. The van der Waals surface area contributed by atoms with E-state index >= 15 is 0 Å². The quantitative estimate of drug-likeness (QED) is 0.851. The van der Waals surface area contributed by atoms with Gasteiger partial charge in [-0.05, 0) is 44.2 Å². The van der Waals surface area contributed by atoms with E-state index in [1.165, 1.54) is 19.3 Å². The summed E-state index contributed by atoms with van der Waals surface area (Å²) in [4.78, 5) is 8.70. The van der Waals surface area contributed by atoms with Crippen LogP contribution in [0.5, 0.6) is 0 Å². The molecule has 2 aromatic heterocycles. The van der Waals surface area contributed by atoms with Crippen LogP contribution in [0, 0.1) is 18.8 Å². The van der Waals surface area contributed by atoms with Crippen molar-refractivity contribution in [3.05, 3.63) is 40.0 Å². The van der Waals surface area contributed by atoms with Crippen LogP contribution in [0.25, 0.3) is 0 Å². The van der Waals surface area contributed by atoms with Gasteiger partial charge in [-0.3, -0.25) is 0 Å². The maximum atomic E-state index is 4.39. The van der Waals surface area contributed by atoms with E-state index in [0.29, 0.717) is 6.04 Å². The van der Waals surface area contributed by atoms with Gasteiger partial charge >= 0.3 is 0 Å². The Kier molecular flexibility index (Phi) is 3.47. The number of pyridine rings is 1. The summed E-state index contributed by atoms with van der Waals surface area (Å²) in [6, 6.07) is 4.61. The zero-order chi connectivity index (χ0) is 13.1. The van der Waals surface area contributed by atoms with Crippen molar-refractivity contribution in [2.75, 3.05) is 5.32 Å². The number of aryl methyl sites for hydroxylation is 1. The van der Waals surface area contributed by atoms with Gasteiger partial charge in [-0.2, -0.15) is 0 Å². The maximum Gasteiger partial charge on any atom is 0.126 e. The van der Waals surface area contributed by atoms with Gasteiger partial charge in [0.05, 0.1) is 5.01 Å². The first-order chi connectivity index (χ1) is 9.29. The van der Waals surface area contributed by atoms with E-state index in [1.807, 2.05) is 30.6 Å². The summed E-state index contributed by atoms with van der Waals surface area (Å²) in [5, 5.41) is 6.43. The first kappa shape index (κ1) is 12.2. The molecule has 2 aromatic rings. The molecule has 0 unspecified atom stereocenters. The van der Waals surface area contributed by atoms with E-state index in [0.717, 1.165) is 22.1 Å². The predicted molar refractivity (Wildman–Crippen MR) is 78.3 cm³/mol. The van der Waals surface area contributed by atoms with Crippen molar-refractivity contribution in [1.29, 1.82) is 0 Å². The minimum absolute atomic E-state index is 0.613. The summed E-state index contributed by atoms with van der Waals surface area (Å²) >= 11 is 1.62. The molecule has 0 atom stereocenters. The van der Waals surface area contributed by atoms with Crippen molar-refractivity contribution >= 4 is 17.2 Å². The molecule has 1 saturated carbocycles. The zero-order valence-corrected chi connectivity index (χ0v) is 11.6. The first-order valence-electron chi connectivity index (χ1n) is 6.46. The number of anilines is 1. The van der Waals surface area contributed by atoms with Gasteiger partial charge in [0.2, 0.25) is 0 Å². The molecular formula is C15H15N3S. The number of aromatic nitrogens is 2. The molecule has 1 aliphatic carbocycles. The molecule has 0 spiro atoms. The molecule has 0 aromatic carbocycles. The SMILES string of the molecule is Cc1nc(C#Cc2ccc(NC3CCC3)nc2)cs1. The van der Waals surface area contributed by atoms with E-state index in [-0.39, 0.29) is 0 Å². The summed E-state index contributed by atoms with van der Waals surface area (Å²) in [5.74, 6) is 7.08. The second kappa shape index (κ2) is 5.41. The van der Waals surface area contributed by atoms with Crippen LogP contribution in [0.1, 0.15) is 35.5 Å². The van der Waals surface area contributed by atoms with Gasteiger partial charge in [-0.15, -0.1) is 11.3 Å². The van der Waals surface area contributed by atoms with Crippen LogP contribution in [-0.4, -0.2) is 16.0 Å². The Morgan fingerprint density at radius 1 is 1.32 bits per heavy atom. The average molecular weight is 269 g/mol. The Balaban J connectivity index is 1.67. The highest BCUT2D eigenvalue weighted by atomic mass is 32.1. The smallest absolute Gasteiger partial charge is 0.126 e. The molecule has 0 saturated heterocycles. The van der Waals surface area contributed by atoms with Gasteiger partial charge < -0.3 is 5.32 Å². The number of thiazole rings is 1. The third kappa shape index (κ3) is 3.12. The van der Waals surface area contributed by atoms with E-state index in [2.05, 4.69) is 27.1 Å². The minimum atomic E-state index is 0.613. The molecule has 1 fully saturated rings. The fourth-order valence-electron chi connectivity index (χ4n) is 1.87. The van der Waals surface area contributed by atoms with Crippen LogP contribution in [0.2, 0.25) is 0 Å². The molecule has 0 bridgehead atoms. The Labute approximate surface area is 117 Å². The number of hydrogen-bond acceptors (Lipinski definition) is 4. The van der Waals surface area contributed by atoms with Crippen LogP contribution < -0.4 is 5.32 Å². The third-order valence-corrected chi connectivity index (χ3v) is 3.95. The molecule has 0 radical (unpaired) electrons. The van der Waals surface area contributed by atoms with E-state index in [4.69, 9.17) is 0 Å². The summed E-state index contributed by atoms with van der Waals surface area (Å²) in [7, 11) is 0. The molecule has 0 amide bonds. The zero-order valence-electron chi connectivity index (χ0n) is 10.8. The Bertz CT molecular complexity index is 615. The van der Waals surface area contributed by atoms with Crippen molar-refractivity contribution < 1.29 is 0 Å². The first-order valence-corrected chi connectivity index (χ1v) is 7.34. The number of rotatable bonds is 2. The Hall–Kier alpha value is -1.86. The average Bonchev–Trinajstić information content (AvgIpc) is 2.79. The van der Waals surface area contributed by atoms with Crippen molar-refractivity contribution in [1.82, 2.24) is 9.97 Å². The Morgan fingerprint density at radius 2 is 2.21 bits per heavy atom. The third-order valence-electron chi connectivity index (χ3n) is 3.17. The molecule has 19 heavy (non-hydrogen) atoms. The molecule has 2 heterocycles. The lowest BCUT2D eigenvalue weighted by atomic mass is 9.93. The molecular weight excluding hydrogens is 254 g/mol. The molecule has 4 heteroatoms. The molecule has 3 rings (SSSR count). The van der Waals surface area contributed by atoms with E-state index < -0.39 is 0 Å². The summed E-state index contributed by atoms with van der Waals surface area (Å²) in [6.45, 7) is 1.98. The van der Waals surface area contributed by atoms with Gasteiger partial charge in [0.25, 0.3) is 0 Å². The highest BCUT2D eigenvalue weighted by Gasteiger charge is 2.16. The Morgan fingerprint density at radius 3 is 2.79 bits per heavy atom. The molecule has 0 aliphatic heterocycles. The van der Waals surface area contributed by atoms with Crippen molar-refractivity contribution in [3.63, 3.8) is 0 Å².